The maximum atomic E-state index is 11.0. The molecule has 0 spiro atoms. The number of hydrogen-bond donors (Lipinski definition) is 3. The van der Waals surface area contributed by atoms with Crippen LogP contribution in [-0.2, 0) is 4.79 Å². The highest BCUT2D eigenvalue weighted by Crippen LogP contribution is 2.46. The van der Waals surface area contributed by atoms with Crippen molar-refractivity contribution < 1.29 is 19.5 Å². The van der Waals surface area contributed by atoms with Crippen LogP contribution >= 0.6 is 19.7 Å². The molecule has 1 heterocycles. The fourth-order valence-corrected chi connectivity index (χ4v) is 2.64. The molecule has 0 atom stereocenters. The molecule has 0 radical (unpaired) electrons. The molecule has 0 aromatic carbocycles. The molecule has 0 amide bonds. The Morgan fingerprint density at radius 3 is 2.61 bits per heavy atom. The van der Waals surface area contributed by atoms with E-state index in [9.17, 15) is 4.79 Å². The summed E-state index contributed by atoms with van der Waals surface area (Å²) in [6.45, 7) is 0. The summed E-state index contributed by atoms with van der Waals surface area (Å²) in [7, 11) is -4.26. The molecule has 0 saturated carbocycles. The minimum absolute atomic E-state index is 0.0194. The quantitative estimate of drug-likeness (QED) is 0.385. The van der Waals surface area contributed by atoms with Crippen molar-refractivity contribution in [2.45, 2.75) is 30.7 Å². The van der Waals surface area contributed by atoms with Gasteiger partial charge in [0.05, 0.1) is 11.4 Å². The summed E-state index contributed by atoms with van der Waals surface area (Å²) in [6, 6.07) is 5.74. The molecule has 5 nitrogen and oxygen atoms in total. The highest BCUT2D eigenvalue weighted by Gasteiger charge is 2.41. The van der Waals surface area contributed by atoms with Crippen LogP contribution in [0.25, 0.3) is 0 Å². The van der Waals surface area contributed by atoms with Gasteiger partial charge < -0.3 is 0 Å². The van der Waals surface area contributed by atoms with Crippen LogP contribution in [0.2, 0.25) is 0 Å². The van der Waals surface area contributed by atoms with Gasteiger partial charge in [0.15, 0.2) is 0 Å². The van der Waals surface area contributed by atoms with E-state index < -0.39 is 13.5 Å². The van der Waals surface area contributed by atoms with Gasteiger partial charge in [-0.1, -0.05) is 12.5 Å². The molecule has 3 N–H and O–H groups in total. The van der Waals surface area contributed by atoms with Gasteiger partial charge >= 0.3 is 13.5 Å². The van der Waals surface area contributed by atoms with Crippen LogP contribution < -0.4 is 0 Å². The van der Waals surface area contributed by atoms with E-state index in [1.165, 1.54) is 0 Å². The predicted molar refractivity (Wildman–Crippen MR) is 72.0 cm³/mol. The number of nitrogens with zero attached hydrogens (tertiary/aromatic N) is 1. The minimum atomic E-state index is -4.26. The van der Waals surface area contributed by atoms with Gasteiger partial charge in [0.1, 0.15) is 0 Å². The molecule has 0 saturated heterocycles. The van der Waals surface area contributed by atoms with Gasteiger partial charge in [-0.05, 0) is 30.7 Å². The van der Waals surface area contributed by atoms with Crippen molar-refractivity contribution in [1.82, 2.24) is 4.98 Å². The highest BCUT2D eigenvalue weighted by molar-refractivity contribution is 7.99. The Balaban J connectivity index is 2.05. The van der Waals surface area contributed by atoms with Gasteiger partial charge in [-0.25, -0.2) is 9.78 Å². The van der Waals surface area contributed by atoms with Gasteiger partial charge in [0, 0.05) is 6.20 Å². The van der Waals surface area contributed by atoms with Crippen LogP contribution in [0.1, 0.15) is 25.7 Å². The fraction of sp³-hybridized carbons (Fsp3) is 0.455. The van der Waals surface area contributed by atoms with Crippen LogP contribution in [-0.4, -0.2) is 30.9 Å². The number of aromatic nitrogens is 1. The molecular formula is C11H17NO4PS+. The second-order valence-corrected chi connectivity index (χ2v) is 6.54. The third-order valence-corrected chi connectivity index (χ3v) is 4.18. The van der Waals surface area contributed by atoms with Crippen LogP contribution in [0.3, 0.4) is 0 Å². The average Bonchev–Trinajstić information content (AvgIpc) is 2.33. The summed E-state index contributed by atoms with van der Waals surface area (Å²) >= 11 is 1.65. The number of carbonyl (C=O) groups is 1. The number of hydrogen-bond acceptors (Lipinski definition) is 6. The first kappa shape index (κ1) is 15.5. The lowest BCUT2D eigenvalue weighted by molar-refractivity contribution is -0.114. The summed E-state index contributed by atoms with van der Waals surface area (Å²) < 4.78 is 0. The predicted octanol–water partition coefficient (Wildman–Crippen LogP) is 2.00. The van der Waals surface area contributed by atoms with Crippen molar-refractivity contribution in [3.63, 3.8) is 0 Å². The molecule has 0 aliphatic rings. The first-order chi connectivity index (χ1) is 8.50. The SMILES string of the molecule is O=C(CCCCCSc1ccccn1)[P+](O)(O)O. The van der Waals surface area contributed by atoms with Crippen molar-refractivity contribution >= 4 is 25.2 Å². The topological polar surface area (TPSA) is 90.7 Å². The lowest BCUT2D eigenvalue weighted by Crippen LogP contribution is -2.04. The van der Waals surface area contributed by atoms with E-state index in [1.807, 2.05) is 18.2 Å². The van der Waals surface area contributed by atoms with E-state index in [-0.39, 0.29) is 6.42 Å². The van der Waals surface area contributed by atoms with Crippen LogP contribution in [0.15, 0.2) is 29.4 Å². The van der Waals surface area contributed by atoms with Crippen molar-refractivity contribution in [3.05, 3.63) is 24.4 Å². The molecule has 1 rings (SSSR count). The van der Waals surface area contributed by atoms with E-state index in [0.29, 0.717) is 6.42 Å². The third-order valence-electron chi connectivity index (χ3n) is 2.26. The largest absolute Gasteiger partial charge is 0.478 e. The standard InChI is InChI=1S/C11H17NO4PS/c13-11(17(14,15)16)7-2-1-5-9-18-10-6-3-4-8-12-10/h3-4,6,8,14-16H,1-2,5,7,9H2/q+1. The van der Waals surface area contributed by atoms with E-state index in [1.54, 1.807) is 18.0 Å². The second kappa shape index (κ2) is 7.81. The summed E-state index contributed by atoms with van der Waals surface area (Å²) in [4.78, 5) is 41.3. The summed E-state index contributed by atoms with van der Waals surface area (Å²) in [5, 5.41) is 0.972. The first-order valence-electron chi connectivity index (χ1n) is 5.64. The Labute approximate surface area is 111 Å². The Hall–Kier alpha value is -0.520. The van der Waals surface area contributed by atoms with E-state index >= 15 is 0 Å². The molecule has 0 unspecified atom stereocenters. The van der Waals surface area contributed by atoms with Gasteiger partial charge in [-0.15, -0.1) is 11.8 Å². The van der Waals surface area contributed by atoms with Crippen molar-refractivity contribution in [1.29, 1.82) is 0 Å². The van der Waals surface area contributed by atoms with Crippen LogP contribution in [0.5, 0.6) is 0 Å². The second-order valence-electron chi connectivity index (χ2n) is 3.79. The molecule has 1 aromatic rings. The van der Waals surface area contributed by atoms with Gasteiger partial charge in [0.2, 0.25) is 0 Å². The lowest BCUT2D eigenvalue weighted by Gasteiger charge is -2.02. The van der Waals surface area contributed by atoms with Gasteiger partial charge in [0.25, 0.3) is 0 Å². The van der Waals surface area contributed by atoms with Crippen molar-refractivity contribution in [2.75, 3.05) is 5.75 Å². The maximum Gasteiger partial charge on any atom is 0.478 e. The molecule has 0 aliphatic carbocycles. The Morgan fingerprint density at radius 1 is 1.22 bits per heavy atom. The average molecular weight is 290 g/mol. The normalized spacial score (nSPS) is 11.5. The molecule has 18 heavy (non-hydrogen) atoms. The Kier molecular flexibility index (Phi) is 6.75. The van der Waals surface area contributed by atoms with Crippen LogP contribution in [0.4, 0.5) is 0 Å². The molecule has 0 aliphatic heterocycles. The zero-order chi connectivity index (χ0) is 13.4. The molecule has 1 aromatic heterocycles. The lowest BCUT2D eigenvalue weighted by atomic mass is 10.2. The molecular weight excluding hydrogens is 273 g/mol. The van der Waals surface area contributed by atoms with Crippen molar-refractivity contribution in [2.24, 2.45) is 0 Å². The molecule has 0 bridgehead atoms. The fourth-order valence-electron chi connectivity index (χ4n) is 1.31. The summed E-state index contributed by atoms with van der Waals surface area (Å²) in [5.41, 5.74) is -0.847. The number of pyridine rings is 1. The zero-order valence-corrected chi connectivity index (χ0v) is 11.6. The number of rotatable bonds is 8. The Bertz CT molecular complexity index is 369. The number of unbranched alkanes of at least 4 members (excludes halogenated alkanes) is 2. The van der Waals surface area contributed by atoms with Crippen LogP contribution in [0, 0.1) is 0 Å². The summed E-state index contributed by atoms with van der Waals surface area (Å²) in [5.74, 6) is 0.906. The molecule has 100 valence electrons. The zero-order valence-electron chi connectivity index (χ0n) is 9.90. The number of thioether (sulfide) groups is 1. The van der Waals surface area contributed by atoms with Gasteiger partial charge in [-0.2, -0.15) is 14.7 Å². The van der Waals surface area contributed by atoms with Crippen molar-refractivity contribution in [3.8, 4) is 0 Å². The maximum absolute atomic E-state index is 11.0. The van der Waals surface area contributed by atoms with E-state index in [2.05, 4.69) is 4.98 Å². The molecule has 7 heteroatoms. The van der Waals surface area contributed by atoms with Gasteiger partial charge in [-0.3, -0.25) is 0 Å². The van der Waals surface area contributed by atoms with E-state index in [4.69, 9.17) is 14.7 Å². The minimum Gasteiger partial charge on any atom is -0.250 e. The monoisotopic (exact) mass is 290 g/mol. The third kappa shape index (κ3) is 6.42. The highest BCUT2D eigenvalue weighted by atomic mass is 32.2. The summed E-state index contributed by atoms with van der Waals surface area (Å²) in [6.07, 6.45) is 4.05. The van der Waals surface area contributed by atoms with E-state index in [0.717, 1.165) is 23.6 Å². The first-order valence-corrected chi connectivity index (χ1v) is 8.28. The smallest absolute Gasteiger partial charge is 0.250 e. The molecule has 0 fully saturated rings. The number of carbonyl (C=O) groups excluding carboxylic acids is 1. The Morgan fingerprint density at radius 2 is 2.00 bits per heavy atom.